The first-order chi connectivity index (χ1) is 9.12. The third-order valence-corrected chi connectivity index (χ3v) is 5.46. The van der Waals surface area contributed by atoms with Gasteiger partial charge in [0.25, 0.3) is 5.91 Å². The standard InChI is InChI=1S/C13H18ClNO4S/c1-13(2,3)10-8-20(17,18)7-5-15(10)12(16)9-4-6-19-11(9)14/h4,6,10H,5,7-8H2,1-3H3. The summed E-state index contributed by atoms with van der Waals surface area (Å²) in [5.41, 5.74) is -0.0560. The molecular weight excluding hydrogens is 302 g/mol. The van der Waals surface area contributed by atoms with Gasteiger partial charge in [0.1, 0.15) is 0 Å². The maximum atomic E-state index is 12.5. The molecule has 20 heavy (non-hydrogen) atoms. The Morgan fingerprint density at radius 3 is 2.60 bits per heavy atom. The molecule has 5 nitrogen and oxygen atoms in total. The summed E-state index contributed by atoms with van der Waals surface area (Å²) in [6.07, 6.45) is 1.35. The Hall–Kier alpha value is -1.01. The molecule has 1 aliphatic rings. The zero-order valence-corrected chi connectivity index (χ0v) is 13.3. The van der Waals surface area contributed by atoms with E-state index in [0.717, 1.165) is 0 Å². The Kier molecular flexibility index (Phi) is 3.90. The average molecular weight is 320 g/mol. The molecule has 0 aromatic carbocycles. The fourth-order valence-electron chi connectivity index (χ4n) is 2.37. The van der Waals surface area contributed by atoms with E-state index in [0.29, 0.717) is 0 Å². The van der Waals surface area contributed by atoms with Crippen molar-refractivity contribution >= 4 is 27.3 Å². The van der Waals surface area contributed by atoms with Gasteiger partial charge in [0.05, 0.1) is 29.4 Å². The van der Waals surface area contributed by atoms with Crippen LogP contribution in [-0.4, -0.2) is 43.3 Å². The molecule has 112 valence electrons. The second kappa shape index (κ2) is 5.07. The van der Waals surface area contributed by atoms with Crippen LogP contribution in [0.3, 0.4) is 0 Å². The lowest BCUT2D eigenvalue weighted by Crippen LogP contribution is -2.56. The lowest BCUT2D eigenvalue weighted by atomic mass is 9.86. The summed E-state index contributed by atoms with van der Waals surface area (Å²) in [4.78, 5) is 14.1. The third kappa shape index (κ3) is 3.01. The van der Waals surface area contributed by atoms with E-state index in [1.807, 2.05) is 20.8 Å². The van der Waals surface area contributed by atoms with Crippen LogP contribution in [0.4, 0.5) is 0 Å². The zero-order valence-electron chi connectivity index (χ0n) is 11.7. The first-order valence-corrected chi connectivity index (χ1v) is 8.56. The summed E-state index contributed by atoms with van der Waals surface area (Å²) < 4.78 is 28.6. The number of rotatable bonds is 1. The van der Waals surface area contributed by atoms with E-state index in [1.165, 1.54) is 12.3 Å². The number of carbonyl (C=O) groups is 1. The highest BCUT2D eigenvalue weighted by Crippen LogP contribution is 2.31. The molecule has 1 aromatic heterocycles. The van der Waals surface area contributed by atoms with Gasteiger partial charge in [-0.2, -0.15) is 0 Å². The zero-order chi connectivity index (χ0) is 15.1. The molecule has 1 aliphatic heterocycles. The Morgan fingerprint density at radius 1 is 1.45 bits per heavy atom. The van der Waals surface area contributed by atoms with Gasteiger partial charge in [0.15, 0.2) is 9.84 Å². The van der Waals surface area contributed by atoms with E-state index in [1.54, 1.807) is 4.90 Å². The molecule has 1 atom stereocenters. The fourth-order valence-corrected chi connectivity index (χ4v) is 4.37. The summed E-state index contributed by atoms with van der Waals surface area (Å²) in [6, 6.07) is 1.13. The topological polar surface area (TPSA) is 67.6 Å². The van der Waals surface area contributed by atoms with Gasteiger partial charge in [0.2, 0.25) is 5.22 Å². The van der Waals surface area contributed by atoms with E-state index >= 15 is 0 Å². The molecular formula is C13H18ClNO4S. The number of carbonyl (C=O) groups excluding carboxylic acids is 1. The third-order valence-electron chi connectivity index (χ3n) is 3.54. The normalized spacial score (nSPS) is 22.8. The van der Waals surface area contributed by atoms with Crippen molar-refractivity contribution in [2.45, 2.75) is 26.8 Å². The molecule has 0 N–H and O–H groups in total. The van der Waals surface area contributed by atoms with E-state index in [4.69, 9.17) is 16.0 Å². The number of nitrogens with zero attached hydrogens (tertiary/aromatic N) is 1. The Balaban J connectivity index is 2.34. The predicted molar refractivity (Wildman–Crippen MR) is 76.7 cm³/mol. The van der Waals surface area contributed by atoms with Crippen molar-refractivity contribution in [3.63, 3.8) is 0 Å². The smallest absolute Gasteiger partial charge is 0.259 e. The van der Waals surface area contributed by atoms with Crippen molar-refractivity contribution in [1.82, 2.24) is 4.90 Å². The maximum Gasteiger partial charge on any atom is 0.259 e. The second-order valence-corrected chi connectivity index (χ2v) is 8.67. The lowest BCUT2D eigenvalue weighted by Gasteiger charge is -2.42. The molecule has 0 bridgehead atoms. The molecule has 1 amide bonds. The van der Waals surface area contributed by atoms with Crippen LogP contribution in [-0.2, 0) is 9.84 Å². The Labute approximate surface area is 123 Å². The van der Waals surface area contributed by atoms with Crippen molar-refractivity contribution < 1.29 is 17.6 Å². The molecule has 1 fully saturated rings. The summed E-state index contributed by atoms with van der Waals surface area (Å²) in [6.45, 7) is 5.96. The lowest BCUT2D eigenvalue weighted by molar-refractivity contribution is 0.0561. The molecule has 2 rings (SSSR count). The van der Waals surface area contributed by atoms with Gasteiger partial charge in [-0.3, -0.25) is 4.79 Å². The van der Waals surface area contributed by atoms with Crippen molar-refractivity contribution in [2.75, 3.05) is 18.1 Å². The van der Waals surface area contributed by atoms with Crippen LogP contribution in [0.25, 0.3) is 0 Å². The van der Waals surface area contributed by atoms with Gasteiger partial charge >= 0.3 is 0 Å². The maximum absolute atomic E-state index is 12.5. The van der Waals surface area contributed by atoms with Gasteiger partial charge in [-0.15, -0.1) is 0 Å². The Morgan fingerprint density at radius 2 is 2.10 bits per heavy atom. The van der Waals surface area contributed by atoms with Crippen molar-refractivity contribution in [3.8, 4) is 0 Å². The minimum atomic E-state index is -3.11. The first-order valence-electron chi connectivity index (χ1n) is 6.36. The largest absolute Gasteiger partial charge is 0.452 e. The van der Waals surface area contributed by atoms with Crippen LogP contribution in [0, 0.1) is 5.41 Å². The van der Waals surface area contributed by atoms with E-state index < -0.39 is 9.84 Å². The van der Waals surface area contributed by atoms with Crippen LogP contribution < -0.4 is 0 Å². The monoisotopic (exact) mass is 319 g/mol. The highest BCUT2D eigenvalue weighted by atomic mass is 35.5. The number of halogens is 1. The highest BCUT2D eigenvalue weighted by Gasteiger charge is 2.41. The molecule has 7 heteroatoms. The predicted octanol–water partition coefficient (Wildman–Crippen LogP) is 2.22. The van der Waals surface area contributed by atoms with Crippen LogP contribution in [0.15, 0.2) is 16.7 Å². The minimum absolute atomic E-state index is 0.0131. The molecule has 2 heterocycles. The molecule has 1 unspecified atom stereocenters. The first kappa shape index (κ1) is 15.4. The molecule has 1 saturated heterocycles. The van der Waals surface area contributed by atoms with E-state index in [2.05, 4.69) is 0 Å². The van der Waals surface area contributed by atoms with Gasteiger partial charge in [-0.1, -0.05) is 20.8 Å². The molecule has 0 saturated carbocycles. The number of sulfone groups is 1. The molecule has 0 spiro atoms. The molecule has 0 aliphatic carbocycles. The summed E-state index contributed by atoms with van der Waals surface area (Å²) >= 11 is 5.84. The van der Waals surface area contributed by atoms with E-state index in [-0.39, 0.29) is 46.2 Å². The summed E-state index contributed by atoms with van der Waals surface area (Å²) in [5.74, 6) is -0.308. The van der Waals surface area contributed by atoms with Crippen molar-refractivity contribution in [1.29, 1.82) is 0 Å². The number of furan rings is 1. The fraction of sp³-hybridized carbons (Fsp3) is 0.615. The van der Waals surface area contributed by atoms with Gasteiger partial charge in [-0.05, 0) is 23.1 Å². The highest BCUT2D eigenvalue weighted by molar-refractivity contribution is 7.91. The quantitative estimate of drug-likeness (QED) is 0.796. The van der Waals surface area contributed by atoms with Gasteiger partial charge in [0, 0.05) is 6.54 Å². The van der Waals surface area contributed by atoms with E-state index in [9.17, 15) is 13.2 Å². The Bertz CT molecular complexity index is 615. The van der Waals surface area contributed by atoms with Crippen molar-refractivity contribution in [3.05, 3.63) is 23.1 Å². The number of hydrogen-bond donors (Lipinski definition) is 0. The summed E-state index contributed by atoms with van der Waals surface area (Å²) in [7, 11) is -3.11. The molecule has 0 radical (unpaired) electrons. The van der Waals surface area contributed by atoms with Crippen LogP contribution in [0.5, 0.6) is 0 Å². The van der Waals surface area contributed by atoms with Crippen molar-refractivity contribution in [2.24, 2.45) is 5.41 Å². The average Bonchev–Trinajstić information content (AvgIpc) is 2.72. The van der Waals surface area contributed by atoms with Crippen LogP contribution in [0.2, 0.25) is 5.22 Å². The summed E-state index contributed by atoms with van der Waals surface area (Å²) in [5, 5.41) is 0.0380. The second-order valence-electron chi connectivity index (χ2n) is 6.10. The minimum Gasteiger partial charge on any atom is -0.452 e. The SMILES string of the molecule is CC(C)(C)C1CS(=O)(=O)CCN1C(=O)c1ccoc1Cl. The number of amides is 1. The van der Waals surface area contributed by atoms with Gasteiger partial charge in [-0.25, -0.2) is 8.42 Å². The number of hydrogen-bond acceptors (Lipinski definition) is 4. The van der Waals surface area contributed by atoms with Gasteiger partial charge < -0.3 is 9.32 Å². The van der Waals surface area contributed by atoms with Crippen LogP contribution in [0.1, 0.15) is 31.1 Å². The molecule has 1 aromatic rings. The van der Waals surface area contributed by atoms with Crippen LogP contribution >= 0.6 is 11.6 Å².